The second-order valence-corrected chi connectivity index (χ2v) is 8.18. The number of hydrogen-bond acceptors (Lipinski definition) is 4. The molecule has 3 heterocycles. The van der Waals surface area contributed by atoms with E-state index in [1.165, 1.54) is 5.56 Å². The third kappa shape index (κ3) is 3.54. The van der Waals surface area contributed by atoms with Crippen LogP contribution in [-0.4, -0.2) is 46.9 Å². The van der Waals surface area contributed by atoms with Gasteiger partial charge >= 0.3 is 0 Å². The first-order chi connectivity index (χ1) is 14.2. The summed E-state index contributed by atoms with van der Waals surface area (Å²) < 4.78 is 6.69. The molecular weight excluding hydrogens is 430 g/mol. The Balaban J connectivity index is 1.27. The zero-order valence-electron chi connectivity index (χ0n) is 15.8. The van der Waals surface area contributed by atoms with Crippen LogP contribution in [0.1, 0.15) is 16.1 Å². The van der Waals surface area contributed by atoms with Gasteiger partial charge in [-0.15, -0.1) is 0 Å². The normalized spacial score (nSPS) is 15.3. The fourth-order valence-corrected chi connectivity index (χ4v) is 4.40. The van der Waals surface area contributed by atoms with E-state index in [0.29, 0.717) is 18.8 Å². The summed E-state index contributed by atoms with van der Waals surface area (Å²) in [5, 5.41) is 2.10. The summed E-state index contributed by atoms with van der Waals surface area (Å²) in [6.45, 7) is 3.89. The molecular formula is C23H20BrN3O2. The fraction of sp³-hybridized carbons (Fsp3) is 0.217. The van der Waals surface area contributed by atoms with Gasteiger partial charge < -0.3 is 9.32 Å². The van der Waals surface area contributed by atoms with E-state index in [2.05, 4.69) is 50.1 Å². The SMILES string of the molecule is O=C(c1cc2cccc(Br)c2o1)N1CCN(Cc2cccc3cccnc23)CC1. The number of piperazine rings is 1. The number of halogens is 1. The molecule has 4 aromatic rings. The number of amides is 1. The number of hydrogen-bond donors (Lipinski definition) is 0. The highest BCUT2D eigenvalue weighted by Gasteiger charge is 2.25. The number of furan rings is 1. The van der Waals surface area contributed by atoms with Crippen LogP contribution < -0.4 is 0 Å². The number of carbonyl (C=O) groups is 1. The van der Waals surface area contributed by atoms with Crippen molar-refractivity contribution in [2.75, 3.05) is 26.2 Å². The van der Waals surface area contributed by atoms with Crippen molar-refractivity contribution in [2.24, 2.45) is 0 Å². The minimum atomic E-state index is -0.0421. The molecule has 0 unspecified atom stereocenters. The van der Waals surface area contributed by atoms with E-state index in [0.717, 1.165) is 46.0 Å². The van der Waals surface area contributed by atoms with Crippen molar-refractivity contribution < 1.29 is 9.21 Å². The van der Waals surface area contributed by atoms with Gasteiger partial charge in [-0.05, 0) is 39.7 Å². The molecule has 0 saturated carbocycles. The van der Waals surface area contributed by atoms with Gasteiger partial charge in [0.2, 0.25) is 0 Å². The van der Waals surface area contributed by atoms with Gasteiger partial charge in [0.25, 0.3) is 5.91 Å². The van der Waals surface area contributed by atoms with Crippen molar-refractivity contribution in [2.45, 2.75) is 6.54 Å². The summed E-state index contributed by atoms with van der Waals surface area (Å²) in [6.07, 6.45) is 1.84. The number of pyridine rings is 1. The molecule has 0 radical (unpaired) electrons. The van der Waals surface area contributed by atoms with Crippen molar-refractivity contribution in [1.82, 2.24) is 14.8 Å². The standard InChI is InChI=1S/C23H20BrN3O2/c24-19-8-2-5-17-14-20(29-22(17)19)23(28)27-12-10-26(11-13-27)15-18-6-1-4-16-7-3-9-25-21(16)18/h1-9,14H,10-13,15H2. The molecule has 1 aliphatic rings. The predicted octanol–water partition coefficient (Wildman–Crippen LogP) is 4.70. The zero-order valence-corrected chi connectivity index (χ0v) is 17.4. The van der Waals surface area contributed by atoms with E-state index in [4.69, 9.17) is 4.42 Å². The smallest absolute Gasteiger partial charge is 0.289 e. The summed E-state index contributed by atoms with van der Waals surface area (Å²) >= 11 is 3.48. The Hall–Kier alpha value is -2.70. The van der Waals surface area contributed by atoms with Gasteiger partial charge in [0, 0.05) is 49.7 Å². The van der Waals surface area contributed by atoms with Gasteiger partial charge in [-0.3, -0.25) is 14.7 Å². The number of para-hydroxylation sites is 2. The summed E-state index contributed by atoms with van der Waals surface area (Å²) in [4.78, 5) is 21.7. The Morgan fingerprint density at radius 3 is 2.59 bits per heavy atom. The molecule has 0 bridgehead atoms. The number of benzene rings is 2. The molecule has 1 aliphatic heterocycles. The Kier molecular flexibility index (Phi) is 4.81. The van der Waals surface area contributed by atoms with E-state index in [9.17, 15) is 4.79 Å². The first kappa shape index (κ1) is 18.3. The summed E-state index contributed by atoms with van der Waals surface area (Å²) in [6, 6.07) is 18.0. The average Bonchev–Trinajstić information content (AvgIpc) is 3.20. The second kappa shape index (κ2) is 7.61. The number of aromatic nitrogens is 1. The van der Waals surface area contributed by atoms with Crippen LogP contribution in [0, 0.1) is 0 Å². The van der Waals surface area contributed by atoms with Gasteiger partial charge in [-0.25, -0.2) is 0 Å². The third-order valence-electron chi connectivity index (χ3n) is 5.48. The van der Waals surface area contributed by atoms with Crippen LogP contribution >= 0.6 is 15.9 Å². The lowest BCUT2D eigenvalue weighted by atomic mass is 10.1. The maximum Gasteiger partial charge on any atom is 0.289 e. The molecule has 1 fully saturated rings. The largest absolute Gasteiger partial charge is 0.450 e. The maximum absolute atomic E-state index is 12.9. The third-order valence-corrected chi connectivity index (χ3v) is 6.10. The van der Waals surface area contributed by atoms with Crippen LogP contribution in [-0.2, 0) is 6.54 Å². The van der Waals surface area contributed by atoms with Crippen LogP contribution in [0.25, 0.3) is 21.9 Å². The minimum absolute atomic E-state index is 0.0421. The van der Waals surface area contributed by atoms with Crippen LogP contribution in [0.15, 0.2) is 69.7 Å². The second-order valence-electron chi connectivity index (χ2n) is 7.33. The number of fused-ring (bicyclic) bond motifs is 2. The van der Waals surface area contributed by atoms with E-state index >= 15 is 0 Å². The molecule has 1 saturated heterocycles. The van der Waals surface area contributed by atoms with Crippen LogP contribution in [0.4, 0.5) is 0 Å². The molecule has 2 aromatic heterocycles. The van der Waals surface area contributed by atoms with Crippen LogP contribution in [0.5, 0.6) is 0 Å². The highest BCUT2D eigenvalue weighted by Crippen LogP contribution is 2.28. The maximum atomic E-state index is 12.9. The molecule has 0 atom stereocenters. The van der Waals surface area contributed by atoms with E-state index in [-0.39, 0.29) is 5.91 Å². The van der Waals surface area contributed by atoms with Gasteiger partial charge in [0.1, 0.15) is 5.58 Å². The van der Waals surface area contributed by atoms with E-state index in [1.807, 2.05) is 41.4 Å². The summed E-state index contributed by atoms with van der Waals surface area (Å²) in [7, 11) is 0. The molecule has 5 rings (SSSR count). The Morgan fingerprint density at radius 1 is 1.00 bits per heavy atom. The quantitative estimate of drug-likeness (QED) is 0.454. The van der Waals surface area contributed by atoms with Gasteiger partial charge in [-0.2, -0.15) is 0 Å². The molecule has 5 nitrogen and oxygen atoms in total. The first-order valence-electron chi connectivity index (χ1n) is 9.71. The zero-order chi connectivity index (χ0) is 19.8. The highest BCUT2D eigenvalue weighted by molar-refractivity contribution is 9.10. The Morgan fingerprint density at radius 2 is 1.76 bits per heavy atom. The van der Waals surface area contributed by atoms with Crippen molar-refractivity contribution in [1.29, 1.82) is 0 Å². The van der Waals surface area contributed by atoms with Crippen LogP contribution in [0.3, 0.4) is 0 Å². The van der Waals surface area contributed by atoms with E-state index in [1.54, 1.807) is 0 Å². The average molecular weight is 450 g/mol. The molecule has 29 heavy (non-hydrogen) atoms. The lowest BCUT2D eigenvalue weighted by molar-refractivity contribution is 0.0600. The van der Waals surface area contributed by atoms with E-state index < -0.39 is 0 Å². The van der Waals surface area contributed by atoms with Crippen molar-refractivity contribution in [3.05, 3.63) is 76.6 Å². The molecule has 1 amide bonds. The Bertz CT molecular complexity index is 1190. The monoisotopic (exact) mass is 449 g/mol. The summed E-state index contributed by atoms with van der Waals surface area (Å²) in [5.74, 6) is 0.359. The number of carbonyl (C=O) groups excluding carboxylic acids is 1. The van der Waals surface area contributed by atoms with Crippen molar-refractivity contribution >= 4 is 43.7 Å². The first-order valence-corrected chi connectivity index (χ1v) is 10.5. The lowest BCUT2D eigenvalue weighted by Gasteiger charge is -2.34. The molecule has 0 spiro atoms. The number of nitrogens with zero attached hydrogens (tertiary/aromatic N) is 3. The topological polar surface area (TPSA) is 49.6 Å². The van der Waals surface area contributed by atoms with Crippen molar-refractivity contribution in [3.8, 4) is 0 Å². The molecule has 2 aromatic carbocycles. The van der Waals surface area contributed by atoms with Crippen LogP contribution in [0.2, 0.25) is 0 Å². The summed E-state index contributed by atoms with van der Waals surface area (Å²) in [5.41, 5.74) is 3.00. The van der Waals surface area contributed by atoms with Crippen molar-refractivity contribution in [3.63, 3.8) is 0 Å². The minimum Gasteiger partial charge on any atom is -0.450 e. The molecule has 6 heteroatoms. The molecule has 0 N–H and O–H groups in total. The highest BCUT2D eigenvalue weighted by atomic mass is 79.9. The Labute approximate surface area is 177 Å². The van der Waals surface area contributed by atoms with Gasteiger partial charge in [0.05, 0.1) is 9.99 Å². The lowest BCUT2D eigenvalue weighted by Crippen LogP contribution is -2.48. The van der Waals surface area contributed by atoms with Gasteiger partial charge in [0.15, 0.2) is 5.76 Å². The predicted molar refractivity (Wildman–Crippen MR) is 117 cm³/mol. The molecule has 146 valence electrons. The fourth-order valence-electron chi connectivity index (χ4n) is 3.93. The van der Waals surface area contributed by atoms with Gasteiger partial charge in [-0.1, -0.05) is 36.4 Å². The number of rotatable bonds is 3. The molecule has 0 aliphatic carbocycles.